The first kappa shape index (κ1) is 23.1. The van der Waals surface area contributed by atoms with Crippen LogP contribution in [0.15, 0.2) is 47.6 Å². The maximum atomic E-state index is 12.2. The molecular weight excluding hydrogens is 472 g/mol. The summed E-state index contributed by atoms with van der Waals surface area (Å²) in [6, 6.07) is 9.93. The van der Waals surface area contributed by atoms with Gasteiger partial charge in [0.15, 0.2) is 5.96 Å². The molecule has 2 aromatic rings. The van der Waals surface area contributed by atoms with E-state index in [1.54, 1.807) is 19.2 Å². The molecule has 0 saturated heterocycles. The second-order valence-electron chi connectivity index (χ2n) is 5.88. The summed E-state index contributed by atoms with van der Waals surface area (Å²) in [4.78, 5) is 6.27. The summed E-state index contributed by atoms with van der Waals surface area (Å²) in [5, 5.41) is 3.26. The van der Waals surface area contributed by atoms with Gasteiger partial charge in [-0.15, -0.1) is 37.1 Å². The molecule has 0 aliphatic carbocycles. The first-order chi connectivity index (χ1) is 12.3. The van der Waals surface area contributed by atoms with E-state index >= 15 is 0 Å². The molecule has 27 heavy (non-hydrogen) atoms. The minimum absolute atomic E-state index is 0. The molecule has 5 nitrogen and oxygen atoms in total. The van der Waals surface area contributed by atoms with Crippen molar-refractivity contribution >= 4 is 29.9 Å². The molecule has 0 radical (unpaired) electrons. The Labute approximate surface area is 174 Å². The number of nitrogens with zero attached hydrogens (tertiary/aromatic N) is 3. The van der Waals surface area contributed by atoms with Crippen molar-refractivity contribution < 1.29 is 17.9 Å². The number of hydrogen-bond donors (Lipinski definition) is 1. The quantitative estimate of drug-likeness (QED) is 0.376. The van der Waals surface area contributed by atoms with E-state index in [0.29, 0.717) is 19.5 Å². The molecule has 0 unspecified atom stereocenters. The molecule has 0 aliphatic heterocycles. The van der Waals surface area contributed by atoms with Gasteiger partial charge in [0.05, 0.1) is 6.54 Å². The number of aryl methyl sites for hydroxylation is 1. The van der Waals surface area contributed by atoms with Gasteiger partial charge in [-0.25, -0.2) is 0 Å². The molecule has 9 heteroatoms. The molecule has 1 aromatic heterocycles. The number of guanidine groups is 1. The van der Waals surface area contributed by atoms with Crippen molar-refractivity contribution in [1.29, 1.82) is 0 Å². The number of aromatic nitrogens is 1. The first-order valence-electron chi connectivity index (χ1n) is 8.15. The fourth-order valence-electron chi connectivity index (χ4n) is 2.54. The second-order valence-corrected chi connectivity index (χ2v) is 5.88. The molecular formula is C18H24F3IN4O. The summed E-state index contributed by atoms with van der Waals surface area (Å²) in [5.41, 5.74) is 2.07. The lowest BCUT2D eigenvalue weighted by molar-refractivity contribution is -0.274. The summed E-state index contributed by atoms with van der Waals surface area (Å²) < 4.78 is 42.4. The topological polar surface area (TPSA) is 41.8 Å². The van der Waals surface area contributed by atoms with E-state index in [1.807, 2.05) is 41.9 Å². The van der Waals surface area contributed by atoms with Gasteiger partial charge in [0, 0.05) is 39.6 Å². The van der Waals surface area contributed by atoms with Gasteiger partial charge in [-0.3, -0.25) is 4.99 Å². The van der Waals surface area contributed by atoms with Gasteiger partial charge in [0.25, 0.3) is 0 Å². The summed E-state index contributed by atoms with van der Waals surface area (Å²) in [6.07, 6.45) is -2.02. The van der Waals surface area contributed by atoms with Crippen molar-refractivity contribution in [3.63, 3.8) is 0 Å². The zero-order valence-corrected chi connectivity index (χ0v) is 17.8. The molecule has 0 amide bonds. The maximum absolute atomic E-state index is 12.2. The number of nitrogens with one attached hydrogen (secondary N) is 1. The highest BCUT2D eigenvalue weighted by atomic mass is 127. The van der Waals surface area contributed by atoms with Crippen molar-refractivity contribution in [3.05, 3.63) is 53.9 Å². The lowest BCUT2D eigenvalue weighted by Gasteiger charge is -2.22. The monoisotopic (exact) mass is 496 g/mol. The average Bonchev–Trinajstić information content (AvgIpc) is 2.96. The number of ether oxygens (including phenoxy) is 1. The zero-order chi connectivity index (χ0) is 19.2. The van der Waals surface area contributed by atoms with Gasteiger partial charge in [-0.1, -0.05) is 12.1 Å². The van der Waals surface area contributed by atoms with Gasteiger partial charge in [0.1, 0.15) is 5.75 Å². The Bertz CT molecular complexity index is 729. The third-order valence-electron chi connectivity index (χ3n) is 3.88. The first-order valence-corrected chi connectivity index (χ1v) is 8.15. The van der Waals surface area contributed by atoms with Crippen LogP contribution in [0.4, 0.5) is 13.2 Å². The smallest absolute Gasteiger partial charge is 0.406 e. The van der Waals surface area contributed by atoms with Crippen LogP contribution in [-0.4, -0.2) is 42.4 Å². The van der Waals surface area contributed by atoms with E-state index in [4.69, 9.17) is 0 Å². The van der Waals surface area contributed by atoms with E-state index in [1.165, 1.54) is 12.1 Å². The van der Waals surface area contributed by atoms with E-state index < -0.39 is 6.36 Å². The molecule has 0 aliphatic rings. The van der Waals surface area contributed by atoms with Crippen LogP contribution in [0.5, 0.6) is 5.75 Å². The number of rotatable bonds is 6. The van der Waals surface area contributed by atoms with Crippen LogP contribution in [-0.2, 0) is 20.0 Å². The van der Waals surface area contributed by atoms with Gasteiger partial charge < -0.3 is 19.5 Å². The number of aliphatic imine (C=N–C) groups is 1. The van der Waals surface area contributed by atoms with Gasteiger partial charge in [-0.2, -0.15) is 0 Å². The zero-order valence-electron chi connectivity index (χ0n) is 15.5. The Morgan fingerprint density at radius 1 is 1.22 bits per heavy atom. The fourth-order valence-corrected chi connectivity index (χ4v) is 2.54. The molecule has 150 valence electrons. The van der Waals surface area contributed by atoms with Crippen LogP contribution < -0.4 is 10.1 Å². The highest BCUT2D eigenvalue weighted by molar-refractivity contribution is 14.0. The SMILES string of the molecule is CN=C(NCCc1ccc(OC(F)(F)F)cc1)N(C)Cc1cccn1C.I. The fraction of sp³-hybridized carbons (Fsp3) is 0.389. The molecule has 1 N–H and O–H groups in total. The standard InChI is InChI=1S/C18H23F3N4O.HI/c1-22-17(25(3)13-15-5-4-12-24(15)2)23-11-10-14-6-8-16(9-7-14)26-18(19,20)21;/h4-9,12H,10-11,13H2,1-3H3,(H,22,23);1H. The van der Waals surface area contributed by atoms with Crippen LogP contribution in [0, 0.1) is 0 Å². The molecule has 0 bridgehead atoms. The lowest BCUT2D eigenvalue weighted by Crippen LogP contribution is -2.39. The predicted molar refractivity (Wildman–Crippen MR) is 110 cm³/mol. The highest BCUT2D eigenvalue weighted by Gasteiger charge is 2.30. The Kier molecular flexibility index (Phi) is 8.94. The van der Waals surface area contributed by atoms with Crippen LogP contribution in [0.25, 0.3) is 0 Å². The van der Waals surface area contributed by atoms with Crippen LogP contribution in [0.3, 0.4) is 0 Å². The minimum Gasteiger partial charge on any atom is -0.406 e. The average molecular weight is 496 g/mol. The molecule has 0 saturated carbocycles. The van der Waals surface area contributed by atoms with Crippen molar-refractivity contribution in [1.82, 2.24) is 14.8 Å². The normalized spacial score (nSPS) is 11.7. The predicted octanol–water partition coefficient (Wildman–Crippen LogP) is 3.79. The summed E-state index contributed by atoms with van der Waals surface area (Å²) >= 11 is 0. The van der Waals surface area contributed by atoms with Gasteiger partial charge in [0.2, 0.25) is 0 Å². The third-order valence-corrected chi connectivity index (χ3v) is 3.88. The second kappa shape index (κ2) is 10.4. The number of benzene rings is 1. The number of alkyl halides is 3. The van der Waals surface area contributed by atoms with Crippen molar-refractivity contribution in [3.8, 4) is 5.75 Å². The van der Waals surface area contributed by atoms with Crippen LogP contribution in [0.1, 0.15) is 11.3 Å². The van der Waals surface area contributed by atoms with Crippen LogP contribution >= 0.6 is 24.0 Å². The Hall–Kier alpha value is -1.91. The van der Waals surface area contributed by atoms with Gasteiger partial charge in [-0.05, 0) is 36.2 Å². The summed E-state index contributed by atoms with van der Waals surface area (Å²) in [5.74, 6) is 0.538. The summed E-state index contributed by atoms with van der Waals surface area (Å²) in [7, 11) is 5.66. The lowest BCUT2D eigenvalue weighted by atomic mass is 10.1. The van der Waals surface area contributed by atoms with Crippen molar-refractivity contribution in [2.45, 2.75) is 19.3 Å². The number of hydrogen-bond acceptors (Lipinski definition) is 2. The Balaban J connectivity index is 0.00000364. The van der Waals surface area contributed by atoms with Gasteiger partial charge >= 0.3 is 6.36 Å². The van der Waals surface area contributed by atoms with E-state index in [9.17, 15) is 13.2 Å². The van der Waals surface area contributed by atoms with E-state index in [2.05, 4.69) is 15.0 Å². The Morgan fingerprint density at radius 2 is 1.89 bits per heavy atom. The number of halogens is 4. The van der Waals surface area contributed by atoms with E-state index in [0.717, 1.165) is 17.2 Å². The van der Waals surface area contributed by atoms with Crippen molar-refractivity contribution in [2.24, 2.45) is 12.0 Å². The molecule has 2 rings (SSSR count). The third kappa shape index (κ3) is 7.69. The molecule has 0 spiro atoms. The Morgan fingerprint density at radius 3 is 2.41 bits per heavy atom. The van der Waals surface area contributed by atoms with Crippen molar-refractivity contribution in [2.75, 3.05) is 20.6 Å². The van der Waals surface area contributed by atoms with Crippen LogP contribution in [0.2, 0.25) is 0 Å². The molecule has 0 fully saturated rings. The maximum Gasteiger partial charge on any atom is 0.573 e. The molecule has 1 aromatic carbocycles. The van der Waals surface area contributed by atoms with E-state index in [-0.39, 0.29) is 29.7 Å². The molecule has 0 atom stereocenters. The largest absolute Gasteiger partial charge is 0.573 e. The molecule has 1 heterocycles. The minimum atomic E-state index is -4.67. The summed E-state index contributed by atoms with van der Waals surface area (Å²) in [6.45, 7) is 1.33. The highest BCUT2D eigenvalue weighted by Crippen LogP contribution is 2.22.